The Kier molecular flexibility index (Phi) is 4.58. The van der Waals surface area contributed by atoms with E-state index < -0.39 is 0 Å². The summed E-state index contributed by atoms with van der Waals surface area (Å²) >= 11 is 0. The van der Waals surface area contributed by atoms with Crippen LogP contribution in [0.2, 0.25) is 0 Å². The second kappa shape index (κ2) is 7.17. The minimum Gasteiger partial charge on any atom is -0.467 e. The minimum absolute atomic E-state index is 0.249. The molecule has 0 bridgehead atoms. The molecule has 1 aromatic heterocycles. The van der Waals surface area contributed by atoms with Crippen molar-refractivity contribution in [1.82, 2.24) is 9.55 Å². The third kappa shape index (κ3) is 3.28. The molecular weight excluding hydrogens is 332 g/mol. The fourth-order valence-electron chi connectivity index (χ4n) is 3.17. The molecule has 6 nitrogen and oxygen atoms in total. The number of benzene rings is 2. The van der Waals surface area contributed by atoms with Gasteiger partial charge in [-0.05, 0) is 43.7 Å². The third-order valence-electron chi connectivity index (χ3n) is 4.46. The number of nitrogens with zero attached hydrogens (tertiary/aromatic N) is 2. The second-order valence-electron chi connectivity index (χ2n) is 6.22. The molecule has 2 aromatic carbocycles. The summed E-state index contributed by atoms with van der Waals surface area (Å²) in [5, 5.41) is 0. The number of ether oxygens (including phenoxy) is 3. The number of fused-ring (bicyclic) bond motifs is 2. The summed E-state index contributed by atoms with van der Waals surface area (Å²) in [4.78, 5) is 16.8. The number of carbonyl (C=O) groups is 1. The van der Waals surface area contributed by atoms with Crippen molar-refractivity contribution >= 4 is 17.0 Å². The Morgan fingerprint density at radius 3 is 3.08 bits per heavy atom. The number of carbonyl (C=O) groups excluding carboxylic acids is 1. The van der Waals surface area contributed by atoms with E-state index in [4.69, 9.17) is 14.2 Å². The Balaban J connectivity index is 1.34. The second-order valence-corrected chi connectivity index (χ2v) is 6.22. The fourth-order valence-corrected chi connectivity index (χ4v) is 3.17. The van der Waals surface area contributed by atoms with Crippen LogP contribution >= 0.6 is 0 Å². The van der Waals surface area contributed by atoms with Gasteiger partial charge in [-0.25, -0.2) is 9.78 Å². The first-order valence-corrected chi connectivity index (χ1v) is 8.65. The molecular formula is C20H20N2O4. The van der Waals surface area contributed by atoms with Gasteiger partial charge in [-0.15, -0.1) is 0 Å². The van der Waals surface area contributed by atoms with E-state index in [-0.39, 0.29) is 12.8 Å². The molecule has 0 saturated heterocycles. The van der Waals surface area contributed by atoms with E-state index in [1.54, 1.807) is 18.2 Å². The van der Waals surface area contributed by atoms with Crippen molar-refractivity contribution in [3.05, 3.63) is 59.4 Å². The first-order chi connectivity index (χ1) is 12.7. The highest BCUT2D eigenvalue weighted by atomic mass is 16.7. The topological polar surface area (TPSA) is 62.6 Å². The zero-order valence-corrected chi connectivity index (χ0v) is 14.6. The predicted molar refractivity (Wildman–Crippen MR) is 96.1 cm³/mol. The van der Waals surface area contributed by atoms with E-state index in [0.717, 1.165) is 41.1 Å². The number of rotatable bonds is 5. The molecule has 1 aliphatic heterocycles. The van der Waals surface area contributed by atoms with E-state index in [9.17, 15) is 4.79 Å². The maximum Gasteiger partial charge on any atom is 0.338 e. The fraction of sp³-hybridized carbons (Fsp3) is 0.300. The van der Waals surface area contributed by atoms with Gasteiger partial charge in [-0.3, -0.25) is 0 Å². The van der Waals surface area contributed by atoms with Crippen LogP contribution in [0.15, 0.2) is 42.5 Å². The van der Waals surface area contributed by atoms with Crippen LogP contribution in [0.25, 0.3) is 11.0 Å². The van der Waals surface area contributed by atoms with Crippen LogP contribution in [0, 0.1) is 6.92 Å². The number of para-hydroxylation sites is 2. The predicted octanol–water partition coefficient (Wildman–Crippen LogP) is 3.46. The molecule has 2 heterocycles. The summed E-state index contributed by atoms with van der Waals surface area (Å²) in [6.07, 6.45) is 0.726. The molecule has 0 N–H and O–H groups in total. The lowest BCUT2D eigenvalue weighted by atomic mass is 10.1. The molecule has 0 saturated carbocycles. The molecule has 0 radical (unpaired) electrons. The summed E-state index contributed by atoms with van der Waals surface area (Å²) in [5.41, 5.74) is 3.47. The normalized spacial score (nSPS) is 13.3. The van der Waals surface area contributed by atoms with Crippen LogP contribution in [0.5, 0.6) is 5.75 Å². The monoisotopic (exact) mass is 352 g/mol. The molecule has 3 aromatic rings. The quantitative estimate of drug-likeness (QED) is 0.520. The number of aromatic nitrogens is 2. The molecule has 134 valence electrons. The lowest BCUT2D eigenvalue weighted by Gasteiger charge is -2.17. The average molecular weight is 352 g/mol. The summed E-state index contributed by atoms with van der Waals surface area (Å²) in [6, 6.07) is 13.3. The van der Waals surface area contributed by atoms with Crippen LogP contribution in [0.4, 0.5) is 0 Å². The minimum atomic E-state index is -0.328. The highest BCUT2D eigenvalue weighted by molar-refractivity contribution is 5.89. The number of imidazole rings is 1. The van der Waals surface area contributed by atoms with E-state index in [0.29, 0.717) is 18.8 Å². The Hall–Kier alpha value is -2.86. The van der Waals surface area contributed by atoms with Crippen molar-refractivity contribution in [3.63, 3.8) is 0 Å². The molecule has 4 rings (SSSR count). The van der Waals surface area contributed by atoms with Crippen molar-refractivity contribution in [2.24, 2.45) is 0 Å². The lowest BCUT2D eigenvalue weighted by molar-refractivity contribution is -0.0164. The third-order valence-corrected chi connectivity index (χ3v) is 4.46. The van der Waals surface area contributed by atoms with Crippen LogP contribution in [0.1, 0.15) is 28.2 Å². The van der Waals surface area contributed by atoms with Gasteiger partial charge in [0.25, 0.3) is 0 Å². The van der Waals surface area contributed by atoms with Gasteiger partial charge in [0.05, 0.1) is 29.8 Å². The van der Waals surface area contributed by atoms with Crippen molar-refractivity contribution < 1.29 is 19.0 Å². The van der Waals surface area contributed by atoms with E-state index in [1.807, 2.05) is 25.1 Å². The van der Waals surface area contributed by atoms with Gasteiger partial charge >= 0.3 is 5.97 Å². The zero-order valence-electron chi connectivity index (χ0n) is 14.6. The maximum atomic E-state index is 12.2. The average Bonchev–Trinajstić information content (AvgIpc) is 3.00. The summed E-state index contributed by atoms with van der Waals surface area (Å²) < 4.78 is 18.2. The zero-order chi connectivity index (χ0) is 17.9. The Morgan fingerprint density at radius 1 is 1.27 bits per heavy atom. The van der Waals surface area contributed by atoms with Crippen molar-refractivity contribution in [1.29, 1.82) is 0 Å². The van der Waals surface area contributed by atoms with Crippen molar-refractivity contribution in [2.45, 2.75) is 26.5 Å². The maximum absolute atomic E-state index is 12.2. The first kappa shape index (κ1) is 16.6. The molecule has 0 fully saturated rings. The molecule has 0 atom stereocenters. The highest BCUT2D eigenvalue weighted by Crippen LogP contribution is 2.24. The van der Waals surface area contributed by atoms with Gasteiger partial charge in [-0.1, -0.05) is 12.1 Å². The SMILES string of the molecule is Cc1nc2ccccc2n1CCCOC(=O)c1ccc2c(c1)COCO2. The van der Waals surface area contributed by atoms with Gasteiger partial charge in [0, 0.05) is 12.1 Å². The number of aryl methyl sites for hydroxylation is 2. The van der Waals surface area contributed by atoms with Crippen molar-refractivity contribution in [2.75, 3.05) is 13.4 Å². The molecule has 1 aliphatic rings. The number of hydrogen-bond donors (Lipinski definition) is 0. The number of hydrogen-bond acceptors (Lipinski definition) is 5. The van der Waals surface area contributed by atoms with Gasteiger partial charge in [0.2, 0.25) is 0 Å². The molecule has 0 amide bonds. The van der Waals surface area contributed by atoms with Gasteiger partial charge < -0.3 is 18.8 Å². The van der Waals surface area contributed by atoms with Crippen molar-refractivity contribution in [3.8, 4) is 5.75 Å². The summed E-state index contributed by atoms with van der Waals surface area (Å²) in [5.74, 6) is 1.40. The Morgan fingerprint density at radius 2 is 2.15 bits per heavy atom. The van der Waals surface area contributed by atoms with Crippen LogP contribution < -0.4 is 4.74 Å². The van der Waals surface area contributed by atoms with Crippen LogP contribution in [-0.2, 0) is 22.6 Å². The molecule has 26 heavy (non-hydrogen) atoms. The van der Waals surface area contributed by atoms with E-state index in [1.165, 1.54) is 0 Å². The first-order valence-electron chi connectivity index (χ1n) is 8.65. The molecule has 0 unspecified atom stereocenters. The molecule has 6 heteroatoms. The number of esters is 1. The van der Waals surface area contributed by atoms with Crippen LogP contribution in [0.3, 0.4) is 0 Å². The van der Waals surface area contributed by atoms with Gasteiger partial charge in [0.1, 0.15) is 11.6 Å². The largest absolute Gasteiger partial charge is 0.467 e. The molecule has 0 aliphatic carbocycles. The van der Waals surface area contributed by atoms with Gasteiger partial charge in [0.15, 0.2) is 6.79 Å². The van der Waals surface area contributed by atoms with E-state index >= 15 is 0 Å². The smallest absolute Gasteiger partial charge is 0.338 e. The molecule has 0 spiro atoms. The summed E-state index contributed by atoms with van der Waals surface area (Å²) in [7, 11) is 0. The standard InChI is InChI=1S/C20H20N2O4/c1-14-21-17-5-2-3-6-18(17)22(14)9-4-10-25-20(23)15-7-8-19-16(11-15)12-24-13-26-19/h2-3,5-8,11H,4,9-10,12-13H2,1H3. The lowest BCUT2D eigenvalue weighted by Crippen LogP contribution is -2.13. The Bertz CT molecular complexity index is 948. The van der Waals surface area contributed by atoms with Crippen LogP contribution in [-0.4, -0.2) is 28.9 Å². The summed E-state index contributed by atoms with van der Waals surface area (Å²) in [6.45, 7) is 3.80. The Labute approximate surface area is 151 Å². The highest BCUT2D eigenvalue weighted by Gasteiger charge is 2.15. The van der Waals surface area contributed by atoms with Gasteiger partial charge in [-0.2, -0.15) is 0 Å². The van der Waals surface area contributed by atoms with E-state index in [2.05, 4.69) is 15.6 Å².